The fraction of sp³-hybridized carbons (Fsp3) is 0.250. The van der Waals surface area contributed by atoms with Gasteiger partial charge < -0.3 is 4.52 Å². The SMILES string of the molecule is Cn1cc(-c2cc(CBr)on2)cn1. The van der Waals surface area contributed by atoms with E-state index in [4.69, 9.17) is 4.52 Å². The van der Waals surface area contributed by atoms with Crippen molar-refractivity contribution in [2.75, 3.05) is 0 Å². The van der Waals surface area contributed by atoms with Crippen molar-refractivity contribution in [2.45, 2.75) is 5.33 Å². The van der Waals surface area contributed by atoms with E-state index in [1.54, 1.807) is 10.9 Å². The molecule has 0 aromatic carbocycles. The summed E-state index contributed by atoms with van der Waals surface area (Å²) in [6.45, 7) is 0. The quantitative estimate of drug-likeness (QED) is 0.756. The second-order valence-electron chi connectivity index (χ2n) is 2.71. The minimum Gasteiger partial charge on any atom is -0.360 e. The minimum atomic E-state index is 0.681. The molecule has 0 amide bonds. The third-order valence-electron chi connectivity index (χ3n) is 1.69. The highest BCUT2D eigenvalue weighted by Gasteiger charge is 2.06. The molecule has 0 N–H and O–H groups in total. The van der Waals surface area contributed by atoms with Gasteiger partial charge in [0.2, 0.25) is 0 Å². The van der Waals surface area contributed by atoms with Crippen molar-refractivity contribution in [1.29, 1.82) is 0 Å². The number of nitrogens with zero attached hydrogens (tertiary/aromatic N) is 3. The summed E-state index contributed by atoms with van der Waals surface area (Å²) >= 11 is 3.29. The Kier molecular flexibility index (Phi) is 2.18. The van der Waals surface area contributed by atoms with Crippen LogP contribution in [0.3, 0.4) is 0 Å². The third kappa shape index (κ3) is 1.65. The van der Waals surface area contributed by atoms with Crippen LogP contribution in [0.4, 0.5) is 0 Å². The van der Waals surface area contributed by atoms with Crippen LogP contribution in [0, 0.1) is 0 Å². The second kappa shape index (κ2) is 3.33. The van der Waals surface area contributed by atoms with Gasteiger partial charge in [-0.05, 0) is 0 Å². The highest BCUT2D eigenvalue weighted by molar-refractivity contribution is 9.08. The topological polar surface area (TPSA) is 43.9 Å². The number of alkyl halides is 1. The van der Waals surface area contributed by atoms with Crippen molar-refractivity contribution in [3.63, 3.8) is 0 Å². The maximum atomic E-state index is 5.04. The predicted octanol–water partition coefficient (Wildman–Crippen LogP) is 1.97. The zero-order valence-electron chi connectivity index (χ0n) is 7.07. The van der Waals surface area contributed by atoms with Gasteiger partial charge in [0.15, 0.2) is 0 Å². The molecule has 4 nitrogen and oxygen atoms in total. The Hall–Kier alpha value is -1.10. The van der Waals surface area contributed by atoms with Gasteiger partial charge in [0.05, 0.1) is 11.5 Å². The highest BCUT2D eigenvalue weighted by atomic mass is 79.9. The molecule has 68 valence electrons. The summed E-state index contributed by atoms with van der Waals surface area (Å²) in [7, 11) is 1.87. The molecule has 2 aromatic rings. The molecule has 0 saturated carbocycles. The summed E-state index contributed by atoms with van der Waals surface area (Å²) in [6, 6.07) is 1.89. The van der Waals surface area contributed by atoms with Crippen molar-refractivity contribution in [3.8, 4) is 11.3 Å². The van der Waals surface area contributed by atoms with E-state index < -0.39 is 0 Å². The summed E-state index contributed by atoms with van der Waals surface area (Å²) in [5, 5.41) is 8.64. The summed E-state index contributed by atoms with van der Waals surface area (Å²) in [5.41, 5.74) is 1.79. The van der Waals surface area contributed by atoms with Crippen LogP contribution in [0.25, 0.3) is 11.3 Å². The predicted molar refractivity (Wildman–Crippen MR) is 51.3 cm³/mol. The molecule has 0 unspecified atom stereocenters. The Morgan fingerprint density at radius 3 is 3.00 bits per heavy atom. The molecule has 0 aliphatic heterocycles. The first kappa shape index (κ1) is 8.50. The second-order valence-corrected chi connectivity index (χ2v) is 3.28. The van der Waals surface area contributed by atoms with Gasteiger partial charge in [-0.1, -0.05) is 21.1 Å². The molecule has 0 fully saturated rings. The van der Waals surface area contributed by atoms with Gasteiger partial charge in [-0.25, -0.2) is 0 Å². The van der Waals surface area contributed by atoms with Crippen LogP contribution in [0.1, 0.15) is 5.76 Å². The van der Waals surface area contributed by atoms with Crippen molar-refractivity contribution in [1.82, 2.24) is 14.9 Å². The lowest BCUT2D eigenvalue weighted by molar-refractivity contribution is 0.398. The summed E-state index contributed by atoms with van der Waals surface area (Å²) in [4.78, 5) is 0. The van der Waals surface area contributed by atoms with E-state index in [1.165, 1.54) is 0 Å². The average Bonchev–Trinajstić information content (AvgIpc) is 2.71. The normalized spacial score (nSPS) is 10.6. The van der Waals surface area contributed by atoms with Crippen LogP contribution in [-0.4, -0.2) is 14.9 Å². The number of aromatic nitrogens is 3. The van der Waals surface area contributed by atoms with Crippen molar-refractivity contribution in [3.05, 3.63) is 24.2 Å². The molecule has 0 aliphatic rings. The van der Waals surface area contributed by atoms with Crippen LogP contribution < -0.4 is 0 Å². The largest absolute Gasteiger partial charge is 0.360 e. The Bertz CT molecular complexity index is 407. The molecule has 0 atom stereocenters. The smallest absolute Gasteiger partial charge is 0.147 e. The van der Waals surface area contributed by atoms with Crippen molar-refractivity contribution in [2.24, 2.45) is 7.05 Å². The molecule has 0 bridgehead atoms. The van der Waals surface area contributed by atoms with Crippen LogP contribution in [0.5, 0.6) is 0 Å². The fourth-order valence-electron chi connectivity index (χ4n) is 1.07. The Morgan fingerprint density at radius 2 is 2.46 bits per heavy atom. The molecule has 0 spiro atoms. The first-order valence-electron chi connectivity index (χ1n) is 3.80. The lowest BCUT2D eigenvalue weighted by Gasteiger charge is -1.83. The fourth-order valence-corrected chi connectivity index (χ4v) is 1.33. The van der Waals surface area contributed by atoms with Gasteiger partial charge in [0.1, 0.15) is 11.5 Å². The van der Waals surface area contributed by atoms with Crippen molar-refractivity contribution < 1.29 is 4.52 Å². The van der Waals surface area contributed by atoms with E-state index in [0.29, 0.717) is 5.33 Å². The number of halogens is 1. The van der Waals surface area contributed by atoms with E-state index in [0.717, 1.165) is 17.0 Å². The Labute approximate surface area is 83.7 Å². The van der Waals surface area contributed by atoms with Gasteiger partial charge in [-0.3, -0.25) is 4.68 Å². The number of aryl methyl sites for hydroxylation is 1. The van der Waals surface area contributed by atoms with E-state index >= 15 is 0 Å². The molecule has 0 aliphatic carbocycles. The first-order chi connectivity index (χ1) is 6.29. The van der Waals surface area contributed by atoms with Crippen LogP contribution >= 0.6 is 15.9 Å². The van der Waals surface area contributed by atoms with Crippen LogP contribution in [-0.2, 0) is 12.4 Å². The average molecular weight is 242 g/mol. The summed E-state index contributed by atoms with van der Waals surface area (Å²) < 4.78 is 6.78. The van der Waals surface area contributed by atoms with Gasteiger partial charge in [0.25, 0.3) is 0 Å². The number of hydrogen-bond acceptors (Lipinski definition) is 3. The number of hydrogen-bond donors (Lipinski definition) is 0. The highest BCUT2D eigenvalue weighted by Crippen LogP contribution is 2.18. The van der Waals surface area contributed by atoms with Crippen LogP contribution in [0.2, 0.25) is 0 Å². The van der Waals surface area contributed by atoms with Gasteiger partial charge >= 0.3 is 0 Å². The molecule has 0 saturated heterocycles. The standard InChI is InChI=1S/C8H8BrN3O/c1-12-5-6(4-10-12)8-2-7(3-9)13-11-8/h2,4-5H,3H2,1H3. The maximum absolute atomic E-state index is 5.04. The molecule has 5 heteroatoms. The lowest BCUT2D eigenvalue weighted by atomic mass is 10.2. The van der Waals surface area contributed by atoms with E-state index in [9.17, 15) is 0 Å². The van der Waals surface area contributed by atoms with E-state index in [2.05, 4.69) is 26.2 Å². The zero-order chi connectivity index (χ0) is 9.26. The summed E-state index contributed by atoms with van der Waals surface area (Å²) in [6.07, 6.45) is 3.66. The van der Waals surface area contributed by atoms with E-state index in [-0.39, 0.29) is 0 Å². The van der Waals surface area contributed by atoms with Gasteiger partial charge in [0, 0.05) is 24.9 Å². The first-order valence-corrected chi connectivity index (χ1v) is 4.92. The lowest BCUT2D eigenvalue weighted by Crippen LogP contribution is -1.84. The molecule has 2 rings (SSSR count). The third-order valence-corrected chi connectivity index (χ3v) is 2.24. The monoisotopic (exact) mass is 241 g/mol. The maximum Gasteiger partial charge on any atom is 0.147 e. The molecular weight excluding hydrogens is 234 g/mol. The van der Waals surface area contributed by atoms with Gasteiger partial charge in [-0.15, -0.1) is 0 Å². The number of rotatable bonds is 2. The van der Waals surface area contributed by atoms with Gasteiger partial charge in [-0.2, -0.15) is 5.10 Å². The van der Waals surface area contributed by atoms with E-state index in [1.807, 2.05) is 19.3 Å². The molecule has 2 heterocycles. The Balaban J connectivity index is 2.35. The zero-order valence-corrected chi connectivity index (χ0v) is 8.65. The molecule has 2 aromatic heterocycles. The van der Waals surface area contributed by atoms with Crippen LogP contribution in [0.15, 0.2) is 23.0 Å². The van der Waals surface area contributed by atoms with Crippen molar-refractivity contribution >= 4 is 15.9 Å². The molecule has 0 radical (unpaired) electrons. The Morgan fingerprint density at radius 1 is 1.62 bits per heavy atom. The molecular formula is C8H8BrN3O. The molecule has 13 heavy (non-hydrogen) atoms. The minimum absolute atomic E-state index is 0.681. The summed E-state index contributed by atoms with van der Waals surface area (Å²) in [5.74, 6) is 0.818.